The molecular weight excluding hydrogens is 382 g/mol. The molecule has 1 atom stereocenters. The number of amides is 1. The fourth-order valence-corrected chi connectivity index (χ4v) is 2.69. The molecule has 1 amide bonds. The molecule has 0 aliphatic rings. The normalized spacial score (nSPS) is 11.8. The van der Waals surface area contributed by atoms with Crippen molar-refractivity contribution in [2.75, 3.05) is 14.2 Å². The number of hydrogen-bond donors (Lipinski definition) is 0. The van der Waals surface area contributed by atoms with Crippen LogP contribution in [0.2, 0.25) is 0 Å². The van der Waals surface area contributed by atoms with Crippen LogP contribution in [-0.2, 0) is 6.61 Å². The van der Waals surface area contributed by atoms with Gasteiger partial charge in [0.25, 0.3) is 5.91 Å². The lowest BCUT2D eigenvalue weighted by Gasteiger charge is -2.24. The molecule has 29 heavy (non-hydrogen) atoms. The summed E-state index contributed by atoms with van der Waals surface area (Å²) in [6.45, 7) is 1.63. The van der Waals surface area contributed by atoms with Crippen LogP contribution in [0, 0.1) is 11.6 Å². The minimum absolute atomic E-state index is 0.0689. The number of nitrogens with zero attached hydrogens (tertiary/aromatic N) is 2. The first-order valence-corrected chi connectivity index (χ1v) is 8.83. The summed E-state index contributed by atoms with van der Waals surface area (Å²) < 4.78 is 42.5. The molecule has 0 aliphatic carbocycles. The van der Waals surface area contributed by atoms with Crippen molar-refractivity contribution in [3.05, 3.63) is 77.5 Å². The lowest BCUT2D eigenvalue weighted by molar-refractivity contribution is 0.0736. The summed E-state index contributed by atoms with van der Waals surface area (Å²) >= 11 is 0. The molecule has 152 valence electrons. The van der Waals surface area contributed by atoms with Crippen LogP contribution in [0.3, 0.4) is 0 Å². The number of oxazole rings is 1. The van der Waals surface area contributed by atoms with Crippen molar-refractivity contribution >= 4 is 5.91 Å². The van der Waals surface area contributed by atoms with Gasteiger partial charge in [-0.15, -0.1) is 0 Å². The maximum Gasteiger partial charge on any atom is 0.276 e. The summed E-state index contributed by atoms with van der Waals surface area (Å²) in [5, 5.41) is 0. The highest BCUT2D eigenvalue weighted by Gasteiger charge is 2.22. The number of benzene rings is 2. The highest BCUT2D eigenvalue weighted by atomic mass is 19.2. The minimum atomic E-state index is -1.10. The van der Waals surface area contributed by atoms with Gasteiger partial charge >= 0.3 is 0 Å². The molecule has 8 heteroatoms. The average Bonchev–Trinajstić information content (AvgIpc) is 3.22. The fraction of sp³-hybridized carbons (Fsp3) is 0.238. The van der Waals surface area contributed by atoms with E-state index in [0.29, 0.717) is 5.75 Å². The predicted molar refractivity (Wildman–Crippen MR) is 101 cm³/mol. The minimum Gasteiger partial charge on any atom is -0.497 e. The van der Waals surface area contributed by atoms with Gasteiger partial charge in [0.1, 0.15) is 12.0 Å². The Morgan fingerprint density at radius 1 is 1.24 bits per heavy atom. The van der Waals surface area contributed by atoms with Gasteiger partial charge in [-0.3, -0.25) is 4.79 Å². The van der Waals surface area contributed by atoms with E-state index in [0.717, 1.165) is 11.6 Å². The molecule has 0 N–H and O–H groups in total. The van der Waals surface area contributed by atoms with Gasteiger partial charge in [0.2, 0.25) is 11.7 Å². The average molecular weight is 402 g/mol. The van der Waals surface area contributed by atoms with Gasteiger partial charge in [-0.25, -0.2) is 9.37 Å². The van der Waals surface area contributed by atoms with E-state index in [9.17, 15) is 13.6 Å². The van der Waals surface area contributed by atoms with Gasteiger partial charge in [0, 0.05) is 7.05 Å². The van der Waals surface area contributed by atoms with E-state index in [1.807, 2.05) is 31.2 Å². The zero-order valence-electron chi connectivity index (χ0n) is 16.2. The largest absolute Gasteiger partial charge is 0.497 e. The zero-order chi connectivity index (χ0) is 21.0. The molecule has 3 rings (SSSR count). The highest BCUT2D eigenvalue weighted by molar-refractivity contribution is 5.92. The zero-order valence-corrected chi connectivity index (χ0v) is 16.2. The van der Waals surface area contributed by atoms with E-state index in [-0.39, 0.29) is 35.9 Å². The number of carbonyl (C=O) groups is 1. The molecular formula is C21H20F2N2O4. The van der Waals surface area contributed by atoms with E-state index in [2.05, 4.69) is 4.98 Å². The van der Waals surface area contributed by atoms with E-state index in [4.69, 9.17) is 13.9 Å². The molecule has 0 aliphatic heterocycles. The third kappa shape index (κ3) is 4.53. The number of hydrogen-bond acceptors (Lipinski definition) is 5. The Bertz CT molecular complexity index is 1010. The molecule has 0 saturated carbocycles. The Balaban J connectivity index is 1.67. The Morgan fingerprint density at radius 2 is 2.00 bits per heavy atom. The molecule has 0 saturated heterocycles. The summed E-state index contributed by atoms with van der Waals surface area (Å²) in [5.74, 6) is -1.96. The molecule has 0 radical (unpaired) electrons. The van der Waals surface area contributed by atoms with Crippen molar-refractivity contribution in [2.45, 2.75) is 19.6 Å². The first kappa shape index (κ1) is 20.3. The van der Waals surface area contributed by atoms with Crippen LogP contribution in [0.4, 0.5) is 8.78 Å². The van der Waals surface area contributed by atoms with Crippen LogP contribution in [0.5, 0.6) is 11.5 Å². The molecule has 0 bridgehead atoms. The van der Waals surface area contributed by atoms with E-state index in [1.165, 1.54) is 23.3 Å². The first-order chi connectivity index (χ1) is 13.9. The first-order valence-electron chi connectivity index (χ1n) is 8.83. The van der Waals surface area contributed by atoms with Crippen molar-refractivity contribution in [2.24, 2.45) is 0 Å². The number of halogens is 2. The summed E-state index contributed by atoms with van der Waals surface area (Å²) in [6.07, 6.45) is 1.21. The van der Waals surface area contributed by atoms with E-state index >= 15 is 0 Å². The Morgan fingerprint density at radius 3 is 2.76 bits per heavy atom. The Kier molecular flexibility index (Phi) is 6.11. The molecule has 0 fully saturated rings. The van der Waals surface area contributed by atoms with Gasteiger partial charge in [-0.1, -0.05) is 18.2 Å². The quantitative estimate of drug-likeness (QED) is 0.587. The highest BCUT2D eigenvalue weighted by Crippen LogP contribution is 2.24. The lowest BCUT2D eigenvalue weighted by Crippen LogP contribution is -2.30. The maximum absolute atomic E-state index is 13.6. The molecule has 3 aromatic rings. The second kappa shape index (κ2) is 8.72. The van der Waals surface area contributed by atoms with Crippen molar-refractivity contribution in [3.8, 4) is 11.5 Å². The van der Waals surface area contributed by atoms with E-state index in [1.54, 1.807) is 14.2 Å². The third-order valence-corrected chi connectivity index (χ3v) is 4.52. The van der Waals surface area contributed by atoms with Crippen molar-refractivity contribution in [1.29, 1.82) is 0 Å². The number of aromatic nitrogens is 1. The van der Waals surface area contributed by atoms with Crippen LogP contribution in [0.1, 0.15) is 34.9 Å². The molecule has 0 spiro atoms. The van der Waals surface area contributed by atoms with Gasteiger partial charge in [-0.05, 0) is 36.8 Å². The lowest BCUT2D eigenvalue weighted by atomic mass is 10.1. The Labute approximate surface area is 166 Å². The van der Waals surface area contributed by atoms with Crippen LogP contribution in [0.15, 0.2) is 53.1 Å². The topological polar surface area (TPSA) is 64.8 Å². The van der Waals surface area contributed by atoms with Gasteiger partial charge < -0.3 is 18.8 Å². The fourth-order valence-electron chi connectivity index (χ4n) is 2.69. The number of ether oxygens (including phenoxy) is 2. The number of methoxy groups -OCH3 is 1. The summed E-state index contributed by atoms with van der Waals surface area (Å²) in [4.78, 5) is 18.3. The standard InChI is InChI=1S/C21H20F2N2O4/c1-13(14-6-4-7-15(10-14)27-3)25(2)21(26)17-11-29-19(24-17)12-28-18-9-5-8-16(22)20(18)23/h4-11,13H,12H2,1-3H3/t13-/m1/s1. The van der Waals surface area contributed by atoms with Gasteiger partial charge in [0.15, 0.2) is 23.9 Å². The van der Waals surface area contributed by atoms with Crippen molar-refractivity contribution < 1.29 is 27.5 Å². The molecule has 0 unspecified atom stereocenters. The van der Waals surface area contributed by atoms with E-state index < -0.39 is 11.6 Å². The number of rotatable bonds is 7. The van der Waals surface area contributed by atoms with Crippen LogP contribution < -0.4 is 9.47 Å². The monoisotopic (exact) mass is 402 g/mol. The van der Waals surface area contributed by atoms with Gasteiger partial charge in [-0.2, -0.15) is 4.39 Å². The SMILES string of the molecule is COc1cccc([C@@H](C)N(C)C(=O)c2coc(COc3cccc(F)c3F)n2)c1. The second-order valence-electron chi connectivity index (χ2n) is 6.34. The molecule has 1 heterocycles. The summed E-state index contributed by atoms with van der Waals surface area (Å²) in [6, 6.07) is 10.8. The third-order valence-electron chi connectivity index (χ3n) is 4.52. The van der Waals surface area contributed by atoms with Gasteiger partial charge in [0.05, 0.1) is 13.2 Å². The smallest absolute Gasteiger partial charge is 0.276 e. The van der Waals surface area contributed by atoms with Crippen molar-refractivity contribution in [1.82, 2.24) is 9.88 Å². The molecule has 6 nitrogen and oxygen atoms in total. The maximum atomic E-state index is 13.6. The second-order valence-corrected chi connectivity index (χ2v) is 6.34. The van der Waals surface area contributed by atoms with Crippen LogP contribution in [0.25, 0.3) is 0 Å². The predicted octanol–water partition coefficient (Wildman–Crippen LogP) is 4.37. The van der Waals surface area contributed by atoms with Crippen molar-refractivity contribution in [3.63, 3.8) is 0 Å². The Hall–Kier alpha value is -3.42. The molecule has 1 aromatic heterocycles. The summed E-state index contributed by atoms with van der Waals surface area (Å²) in [7, 11) is 3.23. The van der Waals surface area contributed by atoms with Crippen LogP contribution in [-0.4, -0.2) is 29.9 Å². The molecule has 2 aromatic carbocycles. The van der Waals surface area contributed by atoms with Crippen LogP contribution >= 0.6 is 0 Å². The number of carbonyl (C=O) groups excluding carboxylic acids is 1. The summed E-state index contributed by atoms with van der Waals surface area (Å²) in [5.41, 5.74) is 0.981.